The molecule has 0 radical (unpaired) electrons. The number of hydrogen-bond donors (Lipinski definition) is 0. The van der Waals surface area contributed by atoms with Crippen molar-refractivity contribution in [2.24, 2.45) is 0 Å². The highest BCUT2D eigenvalue weighted by molar-refractivity contribution is 6.10. The van der Waals surface area contributed by atoms with Gasteiger partial charge in [0.05, 0.1) is 16.6 Å². The Hall–Kier alpha value is -6.77. The molecule has 0 unspecified atom stereocenters. The summed E-state index contributed by atoms with van der Waals surface area (Å²) < 4.78 is 4.28. The van der Waals surface area contributed by atoms with Crippen LogP contribution >= 0.6 is 0 Å². The Labute approximate surface area is 289 Å². The minimum absolute atomic E-state index is 0.524. The molecule has 0 aliphatic heterocycles. The fraction of sp³-hybridized carbons (Fsp3) is 0.0444. The Morgan fingerprint density at radius 1 is 0.520 bits per heavy atom. The van der Waals surface area contributed by atoms with E-state index < -0.39 is 0 Å². The number of allylic oxidation sites excluding steroid dienone is 4. The lowest BCUT2D eigenvalue weighted by Gasteiger charge is -2.18. The van der Waals surface area contributed by atoms with Crippen molar-refractivity contribution < 1.29 is 0 Å². The van der Waals surface area contributed by atoms with Gasteiger partial charge in [-0.15, -0.1) is 0 Å². The van der Waals surface area contributed by atoms with E-state index in [0.717, 1.165) is 78.7 Å². The Bertz CT molecular complexity index is 2580. The van der Waals surface area contributed by atoms with E-state index in [1.165, 1.54) is 5.57 Å². The molecule has 0 saturated heterocycles. The lowest BCUT2D eigenvalue weighted by molar-refractivity contribution is 0.893. The van der Waals surface area contributed by atoms with E-state index in [4.69, 9.17) is 15.0 Å². The van der Waals surface area contributed by atoms with Gasteiger partial charge < -0.3 is 0 Å². The molecule has 1 aliphatic rings. The van der Waals surface area contributed by atoms with Crippen LogP contribution in [0.15, 0.2) is 152 Å². The van der Waals surface area contributed by atoms with Crippen molar-refractivity contribution >= 4 is 49.2 Å². The van der Waals surface area contributed by atoms with E-state index in [9.17, 15) is 0 Å². The van der Waals surface area contributed by atoms with Crippen molar-refractivity contribution in [3.63, 3.8) is 0 Å². The zero-order valence-electron chi connectivity index (χ0n) is 27.1. The predicted octanol–water partition coefficient (Wildman–Crippen LogP) is 10.7. The lowest BCUT2D eigenvalue weighted by Crippen LogP contribution is -2.11. The molecule has 1 aliphatic carbocycles. The van der Waals surface area contributed by atoms with Crippen LogP contribution in [-0.2, 0) is 0 Å². The summed E-state index contributed by atoms with van der Waals surface area (Å²) in [6.07, 6.45) is 8.82. The number of hydrogen-bond acceptors (Lipinski definition) is 3. The Balaban J connectivity index is 1.36. The SMILES string of the molecule is c1ccc2c3ccccc3n(-c3nc(-c4c(C5=CCCC=C5)cccc4-c4ccccc4)nc(-n4c5ccccc5c5ccccc54)n3)c2c#1. The minimum Gasteiger partial charge on any atom is -0.278 e. The smallest absolute Gasteiger partial charge is 0.240 e. The average molecular weight is 640 g/mol. The second-order valence-electron chi connectivity index (χ2n) is 12.6. The van der Waals surface area contributed by atoms with E-state index in [-0.39, 0.29) is 0 Å². The second kappa shape index (κ2) is 11.4. The van der Waals surface area contributed by atoms with Gasteiger partial charge in [0.1, 0.15) is 5.52 Å². The van der Waals surface area contributed by atoms with Gasteiger partial charge in [-0.1, -0.05) is 127 Å². The quantitative estimate of drug-likeness (QED) is 0.188. The maximum absolute atomic E-state index is 5.42. The number of fused-ring (bicyclic) bond motifs is 6. The first-order valence-corrected chi connectivity index (χ1v) is 17.0. The molecule has 0 N–H and O–H groups in total. The van der Waals surface area contributed by atoms with Crippen LogP contribution in [0.25, 0.3) is 83.6 Å². The highest BCUT2D eigenvalue weighted by Gasteiger charge is 2.24. The van der Waals surface area contributed by atoms with E-state index in [1.54, 1.807) is 0 Å². The molecule has 0 spiro atoms. The van der Waals surface area contributed by atoms with Gasteiger partial charge in [0.15, 0.2) is 5.82 Å². The average Bonchev–Trinajstić information content (AvgIpc) is 3.71. The third-order valence-electron chi connectivity index (χ3n) is 9.71. The van der Waals surface area contributed by atoms with Crippen molar-refractivity contribution in [2.75, 3.05) is 0 Å². The number of para-hydroxylation sites is 3. The fourth-order valence-electron chi connectivity index (χ4n) is 7.51. The van der Waals surface area contributed by atoms with Crippen molar-refractivity contribution in [1.82, 2.24) is 24.1 Å². The summed E-state index contributed by atoms with van der Waals surface area (Å²) in [7, 11) is 0. The van der Waals surface area contributed by atoms with E-state index in [1.807, 2.05) is 6.07 Å². The second-order valence-corrected chi connectivity index (χ2v) is 12.6. The molecule has 6 aromatic carbocycles. The summed E-state index contributed by atoms with van der Waals surface area (Å²) in [6, 6.07) is 52.9. The topological polar surface area (TPSA) is 48.5 Å². The minimum atomic E-state index is 0.524. The zero-order valence-corrected chi connectivity index (χ0v) is 27.1. The van der Waals surface area contributed by atoms with Gasteiger partial charge in [-0.3, -0.25) is 9.13 Å². The van der Waals surface area contributed by atoms with Gasteiger partial charge in [0.25, 0.3) is 0 Å². The largest absolute Gasteiger partial charge is 0.278 e. The third-order valence-corrected chi connectivity index (χ3v) is 9.71. The van der Waals surface area contributed by atoms with Crippen molar-refractivity contribution in [1.29, 1.82) is 0 Å². The molecular weight excluding hydrogens is 611 g/mol. The van der Waals surface area contributed by atoms with Crippen LogP contribution in [0.3, 0.4) is 0 Å². The number of benzene rings is 5. The zero-order chi connectivity index (χ0) is 33.0. The van der Waals surface area contributed by atoms with Crippen LogP contribution in [0, 0.1) is 12.1 Å². The van der Waals surface area contributed by atoms with Crippen molar-refractivity contribution in [2.45, 2.75) is 12.8 Å². The van der Waals surface area contributed by atoms with E-state index in [0.29, 0.717) is 17.7 Å². The first kappa shape index (κ1) is 28.3. The standard InChI is InChI=1S/C45H29N5/c1-3-16-30(17-4-1)32-24-15-25-33(31-18-5-2-6-19-31)42(32)43-46-44(49-38-26-11-7-20-34(38)35-21-8-12-27-39(35)49)48-45(47-43)50-40-28-13-9-22-36(40)37-23-10-14-29-41(37)50/h1,3-5,7-13,15-28H,2,6H2. The van der Waals surface area contributed by atoms with Gasteiger partial charge in [0, 0.05) is 27.1 Å². The molecule has 9 aromatic rings. The predicted molar refractivity (Wildman–Crippen MR) is 203 cm³/mol. The Morgan fingerprint density at radius 3 is 1.84 bits per heavy atom. The number of nitrogens with zero attached hydrogens (tertiary/aromatic N) is 5. The van der Waals surface area contributed by atoms with Crippen LogP contribution in [0.4, 0.5) is 0 Å². The first-order valence-electron chi connectivity index (χ1n) is 17.0. The van der Waals surface area contributed by atoms with E-state index in [2.05, 4.69) is 167 Å². The summed E-state index contributed by atoms with van der Waals surface area (Å²) >= 11 is 0. The Kier molecular flexibility index (Phi) is 6.46. The molecule has 50 heavy (non-hydrogen) atoms. The molecule has 3 aromatic heterocycles. The molecule has 5 nitrogen and oxygen atoms in total. The highest BCUT2D eigenvalue weighted by atomic mass is 15.3. The van der Waals surface area contributed by atoms with Gasteiger partial charge >= 0.3 is 0 Å². The molecule has 0 atom stereocenters. The van der Waals surface area contributed by atoms with Gasteiger partial charge in [-0.2, -0.15) is 15.0 Å². The highest BCUT2D eigenvalue weighted by Crippen LogP contribution is 2.40. The molecule has 234 valence electrons. The van der Waals surface area contributed by atoms with Crippen molar-refractivity contribution in [3.05, 3.63) is 169 Å². The van der Waals surface area contributed by atoms with Crippen LogP contribution in [-0.4, -0.2) is 24.1 Å². The summed E-state index contributed by atoms with van der Waals surface area (Å²) in [5.41, 5.74) is 9.34. The molecule has 5 heteroatoms. The van der Waals surface area contributed by atoms with Crippen molar-refractivity contribution in [3.8, 4) is 34.4 Å². The van der Waals surface area contributed by atoms with Gasteiger partial charge in [-0.05, 0) is 71.5 Å². The van der Waals surface area contributed by atoms with E-state index >= 15 is 0 Å². The van der Waals surface area contributed by atoms with Crippen LogP contribution < -0.4 is 0 Å². The maximum atomic E-state index is 5.42. The van der Waals surface area contributed by atoms with Crippen LogP contribution in [0.1, 0.15) is 18.4 Å². The monoisotopic (exact) mass is 639 g/mol. The number of aromatic nitrogens is 5. The molecule has 3 heterocycles. The Morgan fingerprint density at radius 2 is 1.14 bits per heavy atom. The summed E-state index contributed by atoms with van der Waals surface area (Å²) in [4.78, 5) is 16.1. The first-order chi connectivity index (χ1) is 24.8. The molecular formula is C45H29N5. The maximum Gasteiger partial charge on any atom is 0.240 e. The molecule has 10 rings (SSSR count). The fourth-order valence-corrected chi connectivity index (χ4v) is 7.51. The third kappa shape index (κ3) is 4.39. The summed E-state index contributed by atoms with van der Waals surface area (Å²) in [5.74, 6) is 1.68. The van der Waals surface area contributed by atoms with Gasteiger partial charge in [-0.25, -0.2) is 0 Å². The molecule has 0 bridgehead atoms. The molecule has 0 fully saturated rings. The molecule has 0 saturated carbocycles. The number of rotatable bonds is 5. The lowest BCUT2D eigenvalue weighted by atomic mass is 9.89. The van der Waals surface area contributed by atoms with Gasteiger partial charge in [0.2, 0.25) is 11.9 Å². The van der Waals surface area contributed by atoms with Crippen LogP contribution in [0.5, 0.6) is 0 Å². The summed E-state index contributed by atoms with van der Waals surface area (Å²) in [5, 5.41) is 4.47. The van der Waals surface area contributed by atoms with Crippen LogP contribution in [0.2, 0.25) is 0 Å². The normalized spacial score (nSPS) is 12.9. The molecule has 0 amide bonds. The summed E-state index contributed by atoms with van der Waals surface area (Å²) in [6.45, 7) is 0.